The van der Waals surface area contributed by atoms with Crippen molar-refractivity contribution in [3.63, 3.8) is 0 Å². The molecule has 1 heterocycles. The van der Waals surface area contributed by atoms with Crippen molar-refractivity contribution in [2.24, 2.45) is 0 Å². The molecule has 0 radical (unpaired) electrons. The third-order valence-electron chi connectivity index (χ3n) is 1.93. The summed E-state index contributed by atoms with van der Waals surface area (Å²) in [4.78, 5) is 1.12. The predicted molar refractivity (Wildman–Crippen MR) is 59.0 cm³/mol. The predicted octanol–water partition coefficient (Wildman–Crippen LogP) is 3.06. The second-order valence-corrected chi connectivity index (χ2v) is 5.16. The van der Waals surface area contributed by atoms with Gasteiger partial charge in [0.25, 0.3) is 0 Å². The minimum atomic E-state index is 0.665. The van der Waals surface area contributed by atoms with Gasteiger partial charge in [0.05, 0.1) is 5.02 Å². The van der Waals surface area contributed by atoms with Gasteiger partial charge in [-0.3, -0.25) is 0 Å². The highest BCUT2D eigenvalue weighted by Crippen LogP contribution is 2.33. The van der Waals surface area contributed by atoms with Crippen LogP contribution >= 0.6 is 35.0 Å². The first kappa shape index (κ1) is 9.66. The van der Waals surface area contributed by atoms with Gasteiger partial charge in [-0.1, -0.05) is 23.2 Å². The summed E-state index contributed by atoms with van der Waals surface area (Å²) in [6, 6.07) is 5.65. The number of hydrogen-bond donors (Lipinski definition) is 1. The van der Waals surface area contributed by atoms with Gasteiger partial charge in [0, 0.05) is 28.3 Å². The minimum absolute atomic E-state index is 0.665. The summed E-state index contributed by atoms with van der Waals surface area (Å²) in [6.45, 7) is 2.15. The fourth-order valence-corrected chi connectivity index (χ4v) is 2.72. The molecule has 1 fully saturated rings. The van der Waals surface area contributed by atoms with E-state index < -0.39 is 0 Å². The molecular formula is C9H9Cl2NS. The summed E-state index contributed by atoms with van der Waals surface area (Å²) in [7, 11) is 0. The first-order valence-corrected chi connectivity index (χ1v) is 5.72. The van der Waals surface area contributed by atoms with Crippen molar-refractivity contribution in [1.29, 1.82) is 0 Å². The maximum Gasteiger partial charge on any atom is 0.0556 e. The first-order chi connectivity index (χ1) is 6.25. The highest BCUT2D eigenvalue weighted by molar-refractivity contribution is 8.00. The Labute approximate surface area is 91.8 Å². The van der Waals surface area contributed by atoms with E-state index in [-0.39, 0.29) is 0 Å². The summed E-state index contributed by atoms with van der Waals surface area (Å²) in [5.41, 5.74) is 0. The van der Waals surface area contributed by atoms with E-state index in [1.54, 1.807) is 6.07 Å². The van der Waals surface area contributed by atoms with Crippen molar-refractivity contribution in [2.75, 3.05) is 13.1 Å². The van der Waals surface area contributed by atoms with E-state index in [2.05, 4.69) is 5.32 Å². The van der Waals surface area contributed by atoms with Crippen molar-refractivity contribution in [3.05, 3.63) is 28.2 Å². The lowest BCUT2D eigenvalue weighted by Gasteiger charge is -2.26. The highest BCUT2D eigenvalue weighted by atomic mass is 35.5. The molecule has 0 amide bonds. The third kappa shape index (κ3) is 2.32. The van der Waals surface area contributed by atoms with Gasteiger partial charge in [-0.05, 0) is 18.2 Å². The third-order valence-corrected chi connectivity index (χ3v) is 3.87. The Hall–Kier alpha value is 0.110. The zero-order valence-electron chi connectivity index (χ0n) is 6.89. The largest absolute Gasteiger partial charge is 0.314 e. The summed E-state index contributed by atoms with van der Waals surface area (Å²) < 4.78 is 0. The van der Waals surface area contributed by atoms with Crippen LogP contribution in [0.15, 0.2) is 23.1 Å². The van der Waals surface area contributed by atoms with Gasteiger partial charge in [0.15, 0.2) is 0 Å². The van der Waals surface area contributed by atoms with E-state index >= 15 is 0 Å². The van der Waals surface area contributed by atoms with Gasteiger partial charge < -0.3 is 5.32 Å². The second-order valence-electron chi connectivity index (χ2n) is 2.97. The Kier molecular flexibility index (Phi) is 3.04. The van der Waals surface area contributed by atoms with E-state index in [0.717, 1.165) is 23.0 Å². The number of nitrogens with one attached hydrogen (secondary N) is 1. The fourth-order valence-electron chi connectivity index (χ4n) is 1.10. The number of rotatable bonds is 2. The smallest absolute Gasteiger partial charge is 0.0556 e. The number of hydrogen-bond acceptors (Lipinski definition) is 2. The highest BCUT2D eigenvalue weighted by Gasteiger charge is 2.18. The summed E-state index contributed by atoms with van der Waals surface area (Å²) >= 11 is 13.6. The molecule has 0 aliphatic carbocycles. The zero-order chi connectivity index (χ0) is 9.26. The van der Waals surface area contributed by atoms with Crippen molar-refractivity contribution in [2.45, 2.75) is 10.1 Å². The van der Waals surface area contributed by atoms with Crippen LogP contribution in [0.5, 0.6) is 0 Å². The van der Waals surface area contributed by atoms with Gasteiger partial charge in [-0.2, -0.15) is 0 Å². The lowest BCUT2D eigenvalue weighted by molar-refractivity contribution is 0.544. The number of thioether (sulfide) groups is 1. The van der Waals surface area contributed by atoms with Gasteiger partial charge in [-0.15, -0.1) is 11.8 Å². The van der Waals surface area contributed by atoms with E-state index in [1.807, 2.05) is 23.9 Å². The van der Waals surface area contributed by atoms with Crippen LogP contribution in [0.3, 0.4) is 0 Å². The lowest BCUT2D eigenvalue weighted by atomic mass is 10.3. The van der Waals surface area contributed by atoms with Crippen molar-refractivity contribution < 1.29 is 0 Å². The molecule has 1 aromatic rings. The van der Waals surface area contributed by atoms with Crippen molar-refractivity contribution in [3.8, 4) is 0 Å². The van der Waals surface area contributed by atoms with Gasteiger partial charge in [0.2, 0.25) is 0 Å². The Morgan fingerprint density at radius 2 is 2.08 bits per heavy atom. The molecule has 13 heavy (non-hydrogen) atoms. The average molecular weight is 234 g/mol. The summed E-state index contributed by atoms with van der Waals surface area (Å²) in [5, 5.41) is 5.34. The molecule has 1 nitrogen and oxygen atoms in total. The molecule has 0 aromatic heterocycles. The average Bonchev–Trinajstić information content (AvgIpc) is 1.99. The fraction of sp³-hybridized carbons (Fsp3) is 0.333. The summed E-state index contributed by atoms with van der Waals surface area (Å²) in [6.07, 6.45) is 0. The van der Waals surface area contributed by atoms with Crippen LogP contribution in [0.4, 0.5) is 0 Å². The van der Waals surface area contributed by atoms with Gasteiger partial charge >= 0.3 is 0 Å². The Bertz CT molecular complexity index is 312. The molecule has 1 saturated heterocycles. The van der Waals surface area contributed by atoms with Crippen LogP contribution in [-0.2, 0) is 0 Å². The SMILES string of the molecule is Clc1ccc(SC2CNC2)c(Cl)c1. The Morgan fingerprint density at radius 1 is 1.31 bits per heavy atom. The molecule has 2 rings (SSSR count). The first-order valence-electron chi connectivity index (χ1n) is 4.08. The molecule has 1 N–H and O–H groups in total. The molecule has 1 aromatic carbocycles. The molecule has 0 unspecified atom stereocenters. The molecule has 4 heteroatoms. The normalized spacial score (nSPS) is 17.1. The van der Waals surface area contributed by atoms with Crippen LogP contribution in [-0.4, -0.2) is 18.3 Å². The minimum Gasteiger partial charge on any atom is -0.314 e. The van der Waals surface area contributed by atoms with Crippen LogP contribution in [0, 0.1) is 0 Å². The molecule has 1 aliphatic heterocycles. The van der Waals surface area contributed by atoms with Crippen LogP contribution in [0.1, 0.15) is 0 Å². The van der Waals surface area contributed by atoms with Crippen molar-refractivity contribution in [1.82, 2.24) is 5.32 Å². The van der Waals surface area contributed by atoms with Crippen LogP contribution < -0.4 is 5.32 Å². The molecule has 70 valence electrons. The van der Waals surface area contributed by atoms with E-state index in [0.29, 0.717) is 10.3 Å². The molecular weight excluding hydrogens is 225 g/mol. The second kappa shape index (κ2) is 4.09. The number of benzene rings is 1. The molecule has 1 aliphatic rings. The van der Waals surface area contributed by atoms with Crippen LogP contribution in [0.25, 0.3) is 0 Å². The van der Waals surface area contributed by atoms with Gasteiger partial charge in [0.1, 0.15) is 0 Å². The Balaban J connectivity index is 2.10. The number of halogens is 2. The van der Waals surface area contributed by atoms with Crippen LogP contribution in [0.2, 0.25) is 10.0 Å². The Morgan fingerprint density at radius 3 is 2.62 bits per heavy atom. The molecule has 0 atom stereocenters. The topological polar surface area (TPSA) is 12.0 Å². The molecule has 0 spiro atoms. The summed E-state index contributed by atoms with van der Waals surface area (Å²) in [5.74, 6) is 0. The van der Waals surface area contributed by atoms with E-state index in [1.165, 1.54) is 0 Å². The quantitative estimate of drug-likeness (QED) is 0.843. The van der Waals surface area contributed by atoms with E-state index in [4.69, 9.17) is 23.2 Å². The lowest BCUT2D eigenvalue weighted by Crippen LogP contribution is -2.44. The molecule has 0 bridgehead atoms. The van der Waals surface area contributed by atoms with Gasteiger partial charge in [-0.25, -0.2) is 0 Å². The van der Waals surface area contributed by atoms with Crippen molar-refractivity contribution >= 4 is 35.0 Å². The molecule has 0 saturated carbocycles. The zero-order valence-corrected chi connectivity index (χ0v) is 9.22. The van der Waals surface area contributed by atoms with E-state index in [9.17, 15) is 0 Å². The monoisotopic (exact) mass is 233 g/mol. The standard InChI is InChI=1S/C9H9Cl2NS/c10-6-1-2-9(8(11)3-6)13-7-4-12-5-7/h1-3,7,12H,4-5H2. The maximum atomic E-state index is 6.03. The maximum absolute atomic E-state index is 6.03.